The Kier molecular flexibility index (Phi) is 3.86. The van der Waals surface area contributed by atoms with Crippen LogP contribution in [0, 0.1) is 0 Å². The predicted octanol–water partition coefficient (Wildman–Crippen LogP) is 2.78. The molecule has 0 radical (unpaired) electrons. The van der Waals surface area contributed by atoms with Crippen LogP contribution in [-0.2, 0) is 10.0 Å². The lowest BCUT2D eigenvalue weighted by atomic mass is 10.2. The third-order valence-corrected chi connectivity index (χ3v) is 3.08. The van der Waals surface area contributed by atoms with E-state index in [4.69, 9.17) is 9.47 Å². The largest absolute Gasteiger partial charge is 0.488 e. The van der Waals surface area contributed by atoms with E-state index in [0.29, 0.717) is 17.2 Å². The Bertz CT molecular complexity index is 586. The average molecular weight is 299 g/mol. The molecule has 0 unspecified atom stereocenters. The summed E-state index contributed by atoms with van der Waals surface area (Å²) in [5.74, 6) is 0.987. The van der Waals surface area contributed by atoms with Crippen LogP contribution in [0.2, 0.25) is 0 Å². The summed E-state index contributed by atoms with van der Waals surface area (Å²) in [4.78, 5) is 0. The molecule has 0 aliphatic heterocycles. The van der Waals surface area contributed by atoms with Crippen molar-refractivity contribution in [3.05, 3.63) is 18.2 Å². The molecular formula is C14H21NO4S. The van der Waals surface area contributed by atoms with E-state index in [-0.39, 0.29) is 6.10 Å². The Labute approximate surface area is 120 Å². The molecule has 2 rings (SSSR count). The molecule has 1 saturated carbocycles. The van der Waals surface area contributed by atoms with Crippen LogP contribution in [0.3, 0.4) is 0 Å². The number of hydrogen-bond acceptors (Lipinski definition) is 4. The minimum absolute atomic E-state index is 0.181. The Morgan fingerprint density at radius 2 is 1.80 bits per heavy atom. The fourth-order valence-corrected chi connectivity index (χ4v) is 2.25. The first-order chi connectivity index (χ1) is 9.14. The number of benzene rings is 1. The number of sulfonamides is 1. The molecular weight excluding hydrogens is 278 g/mol. The van der Waals surface area contributed by atoms with E-state index in [0.717, 1.165) is 19.1 Å². The van der Waals surface area contributed by atoms with Gasteiger partial charge in [-0.25, -0.2) is 8.42 Å². The van der Waals surface area contributed by atoms with E-state index in [9.17, 15) is 8.42 Å². The lowest BCUT2D eigenvalue weighted by molar-refractivity contribution is 0.131. The van der Waals surface area contributed by atoms with Crippen molar-refractivity contribution in [1.29, 1.82) is 0 Å². The van der Waals surface area contributed by atoms with Crippen molar-refractivity contribution in [3.8, 4) is 11.5 Å². The van der Waals surface area contributed by atoms with Gasteiger partial charge in [-0.3, -0.25) is 4.72 Å². The van der Waals surface area contributed by atoms with Crippen molar-refractivity contribution >= 4 is 15.7 Å². The van der Waals surface area contributed by atoms with Crippen molar-refractivity contribution in [2.75, 3.05) is 11.0 Å². The normalized spacial score (nSPS) is 15.8. The minimum Gasteiger partial charge on any atom is -0.488 e. The highest BCUT2D eigenvalue weighted by atomic mass is 32.2. The summed E-state index contributed by atoms with van der Waals surface area (Å²) in [6.07, 6.45) is 3.30. The monoisotopic (exact) mass is 299 g/mol. The van der Waals surface area contributed by atoms with Crippen LogP contribution in [0.15, 0.2) is 18.2 Å². The maximum absolute atomic E-state index is 11.5. The van der Waals surface area contributed by atoms with E-state index in [1.165, 1.54) is 0 Å². The summed E-state index contributed by atoms with van der Waals surface area (Å²) in [5.41, 5.74) is -0.0524. The summed E-state index contributed by atoms with van der Waals surface area (Å²) in [6.45, 7) is 5.73. The highest BCUT2D eigenvalue weighted by Crippen LogP contribution is 2.39. The molecule has 0 heterocycles. The second kappa shape index (κ2) is 5.16. The molecule has 1 fully saturated rings. The zero-order chi connectivity index (χ0) is 15.0. The molecule has 5 nitrogen and oxygen atoms in total. The number of anilines is 1. The number of ether oxygens (including phenoxy) is 2. The Morgan fingerprint density at radius 1 is 1.20 bits per heavy atom. The second-order valence-corrected chi connectivity index (χ2v) is 7.78. The highest BCUT2D eigenvalue weighted by molar-refractivity contribution is 7.92. The Morgan fingerprint density at radius 3 is 2.30 bits per heavy atom. The van der Waals surface area contributed by atoms with Crippen LogP contribution in [0.1, 0.15) is 33.6 Å². The van der Waals surface area contributed by atoms with E-state index >= 15 is 0 Å². The van der Waals surface area contributed by atoms with Gasteiger partial charge in [0.25, 0.3) is 0 Å². The van der Waals surface area contributed by atoms with Crippen LogP contribution in [0.5, 0.6) is 11.5 Å². The quantitative estimate of drug-likeness (QED) is 0.908. The standard InChI is InChI=1S/C14H21NO4S/c1-14(2,3)19-12-7-5-6-11(18-10-8-9-10)13(12)15-20(4,16)17/h5-7,10,15H,8-9H2,1-4H3. The summed E-state index contributed by atoms with van der Waals surface area (Å²) in [7, 11) is -3.40. The van der Waals surface area contributed by atoms with Crippen LogP contribution in [0.25, 0.3) is 0 Å². The lowest BCUT2D eigenvalue weighted by Crippen LogP contribution is -2.24. The Balaban J connectivity index is 2.37. The summed E-state index contributed by atoms with van der Waals surface area (Å²) in [5, 5.41) is 0. The molecule has 0 saturated heterocycles. The molecule has 0 aromatic heterocycles. The topological polar surface area (TPSA) is 64.6 Å². The molecule has 112 valence electrons. The first-order valence-corrected chi connectivity index (χ1v) is 8.50. The van der Waals surface area contributed by atoms with Crippen LogP contribution < -0.4 is 14.2 Å². The molecule has 0 atom stereocenters. The number of hydrogen-bond donors (Lipinski definition) is 1. The van der Waals surface area contributed by atoms with Gasteiger partial charge in [0.15, 0.2) is 0 Å². The summed E-state index contributed by atoms with van der Waals surface area (Å²) >= 11 is 0. The summed E-state index contributed by atoms with van der Waals surface area (Å²) < 4.78 is 37.2. The molecule has 6 heteroatoms. The maximum Gasteiger partial charge on any atom is 0.230 e. The molecule has 1 aliphatic rings. The van der Waals surface area contributed by atoms with Gasteiger partial charge in [0.05, 0.1) is 12.4 Å². The van der Waals surface area contributed by atoms with Gasteiger partial charge in [-0.05, 0) is 45.7 Å². The average Bonchev–Trinajstić information content (AvgIpc) is 3.03. The van der Waals surface area contributed by atoms with Gasteiger partial charge in [0.1, 0.15) is 22.8 Å². The molecule has 1 aromatic carbocycles. The van der Waals surface area contributed by atoms with Crippen molar-refractivity contribution in [2.24, 2.45) is 0 Å². The van der Waals surface area contributed by atoms with Crippen LogP contribution in [-0.4, -0.2) is 26.4 Å². The highest BCUT2D eigenvalue weighted by Gasteiger charge is 2.27. The van der Waals surface area contributed by atoms with Crippen molar-refractivity contribution in [2.45, 2.75) is 45.3 Å². The van der Waals surface area contributed by atoms with Gasteiger partial charge >= 0.3 is 0 Å². The summed E-state index contributed by atoms with van der Waals surface area (Å²) in [6, 6.07) is 5.28. The van der Waals surface area contributed by atoms with Gasteiger partial charge in [-0.2, -0.15) is 0 Å². The second-order valence-electron chi connectivity index (χ2n) is 6.04. The third-order valence-electron chi connectivity index (χ3n) is 2.51. The fourth-order valence-electron chi connectivity index (χ4n) is 1.68. The number of nitrogens with one attached hydrogen (secondary N) is 1. The smallest absolute Gasteiger partial charge is 0.230 e. The first-order valence-electron chi connectivity index (χ1n) is 6.60. The Hall–Kier alpha value is -1.43. The zero-order valence-corrected chi connectivity index (χ0v) is 13.1. The van der Waals surface area contributed by atoms with Gasteiger partial charge in [0, 0.05) is 0 Å². The van der Waals surface area contributed by atoms with Gasteiger partial charge in [-0.15, -0.1) is 0 Å². The van der Waals surface area contributed by atoms with E-state index in [1.54, 1.807) is 18.2 Å². The fraction of sp³-hybridized carbons (Fsp3) is 0.571. The zero-order valence-electron chi connectivity index (χ0n) is 12.3. The number of para-hydroxylation sites is 1. The van der Waals surface area contributed by atoms with Crippen molar-refractivity contribution in [1.82, 2.24) is 0 Å². The van der Waals surface area contributed by atoms with E-state index in [2.05, 4.69) is 4.72 Å². The van der Waals surface area contributed by atoms with E-state index in [1.807, 2.05) is 20.8 Å². The van der Waals surface area contributed by atoms with Gasteiger partial charge in [-0.1, -0.05) is 6.07 Å². The first kappa shape index (κ1) is 15.0. The van der Waals surface area contributed by atoms with E-state index < -0.39 is 15.6 Å². The molecule has 1 aromatic rings. The number of rotatable bonds is 5. The lowest BCUT2D eigenvalue weighted by Gasteiger charge is -2.24. The van der Waals surface area contributed by atoms with Gasteiger partial charge in [0.2, 0.25) is 10.0 Å². The maximum atomic E-state index is 11.5. The van der Waals surface area contributed by atoms with Crippen molar-refractivity contribution < 1.29 is 17.9 Å². The molecule has 0 amide bonds. The molecule has 0 spiro atoms. The molecule has 1 N–H and O–H groups in total. The SMILES string of the molecule is CC(C)(C)Oc1cccc(OC2CC2)c1NS(C)(=O)=O. The van der Waals surface area contributed by atoms with Crippen molar-refractivity contribution in [3.63, 3.8) is 0 Å². The third kappa shape index (κ3) is 4.59. The van der Waals surface area contributed by atoms with Crippen LogP contribution >= 0.6 is 0 Å². The minimum atomic E-state index is -3.40. The molecule has 20 heavy (non-hydrogen) atoms. The van der Waals surface area contributed by atoms with Gasteiger partial charge < -0.3 is 9.47 Å². The predicted molar refractivity (Wildman–Crippen MR) is 78.9 cm³/mol. The molecule has 1 aliphatic carbocycles. The van der Waals surface area contributed by atoms with Crippen LogP contribution in [0.4, 0.5) is 5.69 Å². The molecule has 0 bridgehead atoms.